The SMILES string of the molecule is CNC(=O)Nc1snc(OCc2ccccc2)c1C(N)=O. The molecule has 1 aromatic carbocycles. The summed E-state index contributed by atoms with van der Waals surface area (Å²) in [6, 6.07) is 8.98. The molecule has 1 heterocycles. The number of hydrogen-bond donors (Lipinski definition) is 3. The van der Waals surface area contributed by atoms with Crippen LogP contribution in [0.1, 0.15) is 15.9 Å². The van der Waals surface area contributed by atoms with Crippen molar-refractivity contribution in [2.45, 2.75) is 6.61 Å². The van der Waals surface area contributed by atoms with Gasteiger partial charge in [0, 0.05) is 7.05 Å². The fourth-order valence-electron chi connectivity index (χ4n) is 1.57. The number of benzene rings is 1. The molecule has 8 heteroatoms. The van der Waals surface area contributed by atoms with E-state index in [1.54, 1.807) is 0 Å². The number of nitrogens with zero attached hydrogens (tertiary/aromatic N) is 1. The molecule has 110 valence electrons. The fraction of sp³-hybridized carbons (Fsp3) is 0.154. The van der Waals surface area contributed by atoms with Gasteiger partial charge in [0.15, 0.2) is 0 Å². The zero-order chi connectivity index (χ0) is 15.2. The third kappa shape index (κ3) is 3.69. The molecule has 0 aliphatic heterocycles. The molecular weight excluding hydrogens is 292 g/mol. The first-order chi connectivity index (χ1) is 10.1. The Kier molecular flexibility index (Phi) is 4.72. The maximum atomic E-state index is 11.5. The van der Waals surface area contributed by atoms with Crippen LogP contribution in [0.3, 0.4) is 0 Å². The number of carbonyl (C=O) groups is 2. The average Bonchev–Trinajstić information content (AvgIpc) is 2.89. The van der Waals surface area contributed by atoms with E-state index in [9.17, 15) is 9.59 Å². The highest BCUT2D eigenvalue weighted by atomic mass is 32.1. The minimum atomic E-state index is -0.710. The molecule has 0 radical (unpaired) electrons. The Morgan fingerprint density at radius 1 is 1.33 bits per heavy atom. The Morgan fingerprint density at radius 2 is 2.05 bits per heavy atom. The summed E-state index contributed by atoms with van der Waals surface area (Å²) in [5, 5.41) is 5.12. The number of aromatic nitrogens is 1. The van der Waals surface area contributed by atoms with Crippen LogP contribution in [0.4, 0.5) is 9.80 Å². The van der Waals surface area contributed by atoms with Gasteiger partial charge in [-0.15, -0.1) is 0 Å². The molecule has 7 nitrogen and oxygen atoms in total. The molecule has 1 aromatic heterocycles. The molecule has 0 atom stereocenters. The van der Waals surface area contributed by atoms with Crippen LogP contribution in [-0.2, 0) is 6.61 Å². The quantitative estimate of drug-likeness (QED) is 0.779. The molecule has 2 rings (SSSR count). The predicted molar refractivity (Wildman–Crippen MR) is 79.5 cm³/mol. The van der Waals surface area contributed by atoms with E-state index in [-0.39, 0.29) is 23.1 Å². The van der Waals surface area contributed by atoms with Crippen molar-refractivity contribution in [1.82, 2.24) is 9.69 Å². The van der Waals surface area contributed by atoms with E-state index in [0.29, 0.717) is 0 Å². The van der Waals surface area contributed by atoms with Crippen molar-refractivity contribution in [2.24, 2.45) is 5.73 Å². The molecule has 0 aliphatic carbocycles. The number of urea groups is 1. The molecule has 0 spiro atoms. The molecule has 0 bridgehead atoms. The Balaban J connectivity index is 2.16. The van der Waals surface area contributed by atoms with E-state index in [2.05, 4.69) is 15.0 Å². The van der Waals surface area contributed by atoms with E-state index < -0.39 is 11.9 Å². The molecule has 0 fully saturated rings. The summed E-state index contributed by atoms with van der Waals surface area (Å²) in [6.45, 7) is 0.254. The molecule has 0 aliphatic rings. The van der Waals surface area contributed by atoms with Crippen molar-refractivity contribution < 1.29 is 14.3 Å². The normalized spacial score (nSPS) is 9.95. The van der Waals surface area contributed by atoms with E-state index >= 15 is 0 Å². The van der Waals surface area contributed by atoms with Crippen LogP contribution in [0, 0.1) is 0 Å². The van der Waals surface area contributed by atoms with Crippen molar-refractivity contribution in [1.29, 1.82) is 0 Å². The van der Waals surface area contributed by atoms with Crippen LogP contribution in [-0.4, -0.2) is 23.4 Å². The zero-order valence-corrected chi connectivity index (χ0v) is 12.1. The monoisotopic (exact) mass is 306 g/mol. The number of hydrogen-bond acceptors (Lipinski definition) is 5. The first-order valence-electron chi connectivity index (χ1n) is 6.06. The number of amides is 3. The summed E-state index contributed by atoms with van der Waals surface area (Å²) in [5.41, 5.74) is 6.32. The number of primary amides is 1. The lowest BCUT2D eigenvalue weighted by molar-refractivity contribution is 0.0996. The number of ether oxygens (including phenoxy) is 1. The second kappa shape index (κ2) is 6.71. The van der Waals surface area contributed by atoms with E-state index in [0.717, 1.165) is 17.1 Å². The maximum Gasteiger partial charge on any atom is 0.319 e. The topological polar surface area (TPSA) is 106 Å². The van der Waals surface area contributed by atoms with Gasteiger partial charge in [-0.05, 0) is 17.1 Å². The number of rotatable bonds is 5. The lowest BCUT2D eigenvalue weighted by Crippen LogP contribution is -2.25. The van der Waals surface area contributed by atoms with E-state index in [4.69, 9.17) is 10.5 Å². The van der Waals surface area contributed by atoms with Gasteiger partial charge >= 0.3 is 6.03 Å². The van der Waals surface area contributed by atoms with Gasteiger partial charge in [0.2, 0.25) is 5.88 Å². The molecule has 0 unspecified atom stereocenters. The zero-order valence-electron chi connectivity index (χ0n) is 11.3. The summed E-state index contributed by atoms with van der Waals surface area (Å²) in [7, 11) is 1.47. The molecule has 4 N–H and O–H groups in total. The predicted octanol–water partition coefficient (Wildman–Crippen LogP) is 1.57. The number of nitrogens with one attached hydrogen (secondary N) is 2. The van der Waals surface area contributed by atoms with Crippen molar-refractivity contribution >= 4 is 28.5 Å². The Morgan fingerprint density at radius 3 is 2.67 bits per heavy atom. The first kappa shape index (κ1) is 14.8. The highest BCUT2D eigenvalue weighted by Gasteiger charge is 2.21. The molecule has 0 saturated heterocycles. The molecule has 21 heavy (non-hydrogen) atoms. The number of nitrogens with two attached hydrogens (primary N) is 1. The average molecular weight is 306 g/mol. The van der Waals surface area contributed by atoms with Crippen LogP contribution >= 0.6 is 11.5 Å². The van der Waals surface area contributed by atoms with Gasteiger partial charge in [-0.25, -0.2) is 4.79 Å². The highest BCUT2D eigenvalue weighted by Crippen LogP contribution is 2.30. The van der Waals surface area contributed by atoms with Crippen LogP contribution < -0.4 is 21.1 Å². The Labute approximate surface area is 125 Å². The minimum Gasteiger partial charge on any atom is -0.472 e. The largest absolute Gasteiger partial charge is 0.472 e. The summed E-state index contributed by atoms with van der Waals surface area (Å²) >= 11 is 0.936. The standard InChI is InChI=1S/C13H14N4O3S/c1-15-13(19)16-12-9(10(14)18)11(17-21-12)20-7-8-5-3-2-4-6-8/h2-6H,7H2,1H3,(H2,14,18)(H2,15,16,19). The fourth-order valence-corrected chi connectivity index (χ4v) is 2.30. The first-order valence-corrected chi connectivity index (χ1v) is 6.84. The lowest BCUT2D eigenvalue weighted by atomic mass is 10.2. The molecule has 2 aromatic rings. The lowest BCUT2D eigenvalue weighted by Gasteiger charge is -2.06. The van der Waals surface area contributed by atoms with E-state index in [1.807, 2.05) is 30.3 Å². The van der Waals surface area contributed by atoms with Crippen LogP contribution in [0.25, 0.3) is 0 Å². The second-order valence-corrected chi connectivity index (χ2v) is 4.81. The van der Waals surface area contributed by atoms with Crippen molar-refractivity contribution in [3.05, 3.63) is 41.5 Å². The van der Waals surface area contributed by atoms with Gasteiger partial charge in [0.1, 0.15) is 17.2 Å². The Bertz CT molecular complexity index is 642. The molecule has 0 saturated carbocycles. The smallest absolute Gasteiger partial charge is 0.319 e. The molecule has 3 amide bonds. The number of anilines is 1. The summed E-state index contributed by atoms with van der Waals surface area (Å²) in [6.07, 6.45) is 0. The minimum absolute atomic E-state index is 0.0690. The molecular formula is C13H14N4O3S. The Hall–Kier alpha value is -2.61. The van der Waals surface area contributed by atoms with Gasteiger partial charge < -0.3 is 15.8 Å². The van der Waals surface area contributed by atoms with Gasteiger partial charge in [-0.2, -0.15) is 4.37 Å². The van der Waals surface area contributed by atoms with Crippen LogP contribution in [0.2, 0.25) is 0 Å². The highest BCUT2D eigenvalue weighted by molar-refractivity contribution is 7.11. The van der Waals surface area contributed by atoms with Crippen molar-refractivity contribution in [3.8, 4) is 5.88 Å². The second-order valence-electron chi connectivity index (χ2n) is 4.03. The summed E-state index contributed by atoms with van der Waals surface area (Å²) < 4.78 is 9.52. The van der Waals surface area contributed by atoms with Crippen LogP contribution in [0.15, 0.2) is 30.3 Å². The van der Waals surface area contributed by atoms with Gasteiger partial charge in [-0.3, -0.25) is 10.1 Å². The maximum absolute atomic E-state index is 11.5. The third-order valence-corrected chi connectivity index (χ3v) is 3.33. The van der Waals surface area contributed by atoms with Gasteiger partial charge in [-0.1, -0.05) is 30.3 Å². The van der Waals surface area contributed by atoms with Crippen molar-refractivity contribution in [2.75, 3.05) is 12.4 Å². The van der Waals surface area contributed by atoms with Gasteiger partial charge in [0.05, 0.1) is 0 Å². The van der Waals surface area contributed by atoms with Crippen LogP contribution in [0.5, 0.6) is 5.88 Å². The third-order valence-electron chi connectivity index (χ3n) is 2.58. The number of carbonyl (C=O) groups excluding carboxylic acids is 2. The van der Waals surface area contributed by atoms with E-state index in [1.165, 1.54) is 7.05 Å². The summed E-state index contributed by atoms with van der Waals surface area (Å²) in [4.78, 5) is 22.8. The van der Waals surface area contributed by atoms with Gasteiger partial charge in [0.25, 0.3) is 5.91 Å². The summed E-state index contributed by atoms with van der Waals surface area (Å²) in [5.74, 6) is -0.596. The van der Waals surface area contributed by atoms with Crippen molar-refractivity contribution in [3.63, 3.8) is 0 Å².